The topological polar surface area (TPSA) is 84.2 Å². The maximum Gasteiger partial charge on any atom is 0.241 e. The van der Waals surface area contributed by atoms with Crippen LogP contribution in [0.4, 0.5) is 0 Å². The van der Waals surface area contributed by atoms with Crippen LogP contribution in [0.3, 0.4) is 0 Å². The summed E-state index contributed by atoms with van der Waals surface area (Å²) in [6.07, 6.45) is 1.49. The smallest absolute Gasteiger partial charge is 0.241 e. The summed E-state index contributed by atoms with van der Waals surface area (Å²) < 4.78 is 1.52. The van der Waals surface area contributed by atoms with Crippen molar-refractivity contribution in [3.63, 3.8) is 0 Å². The van der Waals surface area contributed by atoms with E-state index in [0.29, 0.717) is 23.9 Å². The van der Waals surface area contributed by atoms with Crippen molar-refractivity contribution in [3.8, 4) is 0 Å². The lowest BCUT2D eigenvalue weighted by Gasteiger charge is -2.15. The standard InChI is InChI=1S/C16H21N3O3/c1-11(7-12(2)20)8-17-16(22)10-19-14-6-4-3-5-13(14)15(21)9-18-19/h3-6,9,11-12,20H,7-8,10H2,1-2H3,(H,17,22). The Bertz CT molecular complexity index is 709. The molecule has 0 aliphatic heterocycles. The molecule has 2 unspecified atom stereocenters. The van der Waals surface area contributed by atoms with Gasteiger partial charge in [-0.25, -0.2) is 0 Å². The van der Waals surface area contributed by atoms with Crippen LogP contribution in [0, 0.1) is 5.92 Å². The Morgan fingerprint density at radius 3 is 2.82 bits per heavy atom. The average molecular weight is 303 g/mol. The molecule has 2 N–H and O–H groups in total. The normalized spacial score (nSPS) is 13.8. The van der Waals surface area contributed by atoms with E-state index in [1.54, 1.807) is 25.1 Å². The van der Waals surface area contributed by atoms with E-state index in [0.717, 1.165) is 0 Å². The summed E-state index contributed by atoms with van der Waals surface area (Å²) in [7, 11) is 0. The van der Waals surface area contributed by atoms with Crippen molar-refractivity contribution < 1.29 is 9.90 Å². The van der Waals surface area contributed by atoms with Crippen LogP contribution in [0.25, 0.3) is 10.9 Å². The molecular formula is C16H21N3O3. The maximum atomic E-state index is 12.0. The van der Waals surface area contributed by atoms with E-state index < -0.39 is 0 Å². The van der Waals surface area contributed by atoms with Crippen molar-refractivity contribution in [2.75, 3.05) is 6.54 Å². The number of aliphatic hydroxyl groups excluding tert-OH is 1. The number of nitrogens with one attached hydrogen (secondary N) is 1. The second-order valence-electron chi connectivity index (χ2n) is 5.68. The molecule has 2 atom stereocenters. The lowest BCUT2D eigenvalue weighted by atomic mass is 10.1. The quantitative estimate of drug-likeness (QED) is 0.831. The van der Waals surface area contributed by atoms with Crippen LogP contribution in [0.2, 0.25) is 0 Å². The Morgan fingerprint density at radius 2 is 2.09 bits per heavy atom. The molecule has 6 heteroatoms. The third-order valence-electron chi connectivity index (χ3n) is 3.45. The summed E-state index contributed by atoms with van der Waals surface area (Å²) in [6, 6.07) is 7.08. The van der Waals surface area contributed by atoms with Crippen LogP contribution in [0.5, 0.6) is 0 Å². The molecule has 2 rings (SSSR count). The number of aliphatic hydroxyl groups is 1. The van der Waals surface area contributed by atoms with Gasteiger partial charge in [0.2, 0.25) is 11.3 Å². The molecule has 0 fully saturated rings. The summed E-state index contributed by atoms with van der Waals surface area (Å²) in [5, 5.41) is 16.7. The maximum absolute atomic E-state index is 12.0. The molecule has 0 bridgehead atoms. The zero-order chi connectivity index (χ0) is 16.1. The number of aromatic nitrogens is 2. The third-order valence-corrected chi connectivity index (χ3v) is 3.45. The zero-order valence-electron chi connectivity index (χ0n) is 12.8. The zero-order valence-corrected chi connectivity index (χ0v) is 12.8. The summed E-state index contributed by atoms with van der Waals surface area (Å²) in [5.74, 6) is 0.0291. The van der Waals surface area contributed by atoms with Crippen LogP contribution in [-0.4, -0.2) is 33.4 Å². The van der Waals surface area contributed by atoms with Crippen LogP contribution in [0.15, 0.2) is 35.3 Å². The first-order valence-electron chi connectivity index (χ1n) is 7.37. The summed E-state index contributed by atoms with van der Waals surface area (Å²) >= 11 is 0. The first-order valence-corrected chi connectivity index (χ1v) is 7.37. The number of fused-ring (bicyclic) bond motifs is 1. The van der Waals surface area contributed by atoms with Gasteiger partial charge in [0.25, 0.3) is 0 Å². The van der Waals surface area contributed by atoms with Gasteiger partial charge in [-0.05, 0) is 31.4 Å². The SMILES string of the molecule is CC(O)CC(C)CNC(=O)Cn1ncc(=O)c2ccccc21. The minimum atomic E-state index is -0.378. The fourth-order valence-electron chi connectivity index (χ4n) is 2.43. The molecule has 1 heterocycles. The number of hydrogen-bond acceptors (Lipinski definition) is 4. The highest BCUT2D eigenvalue weighted by Crippen LogP contribution is 2.08. The van der Waals surface area contributed by atoms with E-state index in [-0.39, 0.29) is 29.9 Å². The second-order valence-corrected chi connectivity index (χ2v) is 5.68. The lowest BCUT2D eigenvalue weighted by Crippen LogP contribution is -2.33. The number of nitrogens with zero attached hydrogens (tertiary/aromatic N) is 2. The van der Waals surface area contributed by atoms with Gasteiger partial charge in [-0.3, -0.25) is 14.3 Å². The highest BCUT2D eigenvalue weighted by Gasteiger charge is 2.10. The predicted molar refractivity (Wildman–Crippen MR) is 84.5 cm³/mol. The van der Waals surface area contributed by atoms with E-state index in [4.69, 9.17) is 0 Å². The number of hydrogen-bond donors (Lipinski definition) is 2. The van der Waals surface area contributed by atoms with Gasteiger partial charge in [0.05, 0.1) is 17.8 Å². The van der Waals surface area contributed by atoms with Crippen molar-refractivity contribution in [3.05, 3.63) is 40.7 Å². The predicted octanol–water partition coefficient (Wildman–Crippen LogP) is 0.920. The summed E-state index contributed by atoms with van der Waals surface area (Å²) in [6.45, 7) is 4.26. The van der Waals surface area contributed by atoms with E-state index >= 15 is 0 Å². The molecule has 0 radical (unpaired) electrons. The molecule has 0 saturated carbocycles. The number of rotatable bonds is 6. The van der Waals surface area contributed by atoms with Gasteiger partial charge in [0.1, 0.15) is 6.54 Å². The van der Waals surface area contributed by atoms with Crippen molar-refractivity contribution >= 4 is 16.8 Å². The third kappa shape index (κ3) is 4.14. The van der Waals surface area contributed by atoms with Crippen LogP contribution >= 0.6 is 0 Å². The molecule has 6 nitrogen and oxygen atoms in total. The van der Waals surface area contributed by atoms with E-state index in [1.165, 1.54) is 10.9 Å². The number of carbonyl (C=O) groups excluding carboxylic acids is 1. The largest absolute Gasteiger partial charge is 0.393 e. The van der Waals surface area contributed by atoms with Crippen LogP contribution in [-0.2, 0) is 11.3 Å². The monoisotopic (exact) mass is 303 g/mol. The van der Waals surface area contributed by atoms with Gasteiger partial charge in [0.15, 0.2) is 0 Å². The Labute approximate surface area is 128 Å². The average Bonchev–Trinajstić information content (AvgIpc) is 2.48. The fourth-order valence-corrected chi connectivity index (χ4v) is 2.43. The van der Waals surface area contributed by atoms with Crippen LogP contribution < -0.4 is 10.7 Å². The Morgan fingerprint density at radius 1 is 1.36 bits per heavy atom. The van der Waals surface area contributed by atoms with Gasteiger partial charge in [-0.1, -0.05) is 19.1 Å². The summed E-state index contributed by atoms with van der Waals surface area (Å²) in [4.78, 5) is 23.8. The number of para-hydroxylation sites is 1. The van der Waals surface area contributed by atoms with E-state index in [9.17, 15) is 14.7 Å². The van der Waals surface area contributed by atoms with Crippen molar-refractivity contribution in [2.24, 2.45) is 5.92 Å². The van der Waals surface area contributed by atoms with Gasteiger partial charge in [0, 0.05) is 11.9 Å². The number of benzene rings is 1. The minimum absolute atomic E-state index is 0.0577. The minimum Gasteiger partial charge on any atom is -0.393 e. The van der Waals surface area contributed by atoms with Crippen molar-refractivity contribution in [2.45, 2.75) is 32.9 Å². The first-order chi connectivity index (χ1) is 10.5. The fraction of sp³-hybridized carbons (Fsp3) is 0.438. The van der Waals surface area contributed by atoms with Crippen molar-refractivity contribution in [1.82, 2.24) is 15.1 Å². The molecular weight excluding hydrogens is 282 g/mol. The van der Waals surface area contributed by atoms with Gasteiger partial charge in [-0.15, -0.1) is 0 Å². The molecule has 22 heavy (non-hydrogen) atoms. The molecule has 1 amide bonds. The molecule has 0 saturated heterocycles. The Balaban J connectivity index is 2.04. The number of amides is 1. The van der Waals surface area contributed by atoms with Gasteiger partial charge in [-0.2, -0.15) is 5.10 Å². The van der Waals surface area contributed by atoms with Gasteiger partial charge < -0.3 is 10.4 Å². The Kier molecular flexibility index (Phi) is 5.27. The second kappa shape index (κ2) is 7.17. The summed E-state index contributed by atoms with van der Waals surface area (Å²) in [5.41, 5.74) is 0.486. The van der Waals surface area contributed by atoms with Crippen molar-refractivity contribution in [1.29, 1.82) is 0 Å². The van der Waals surface area contributed by atoms with Crippen LogP contribution in [0.1, 0.15) is 20.3 Å². The lowest BCUT2D eigenvalue weighted by molar-refractivity contribution is -0.122. The molecule has 0 spiro atoms. The molecule has 118 valence electrons. The van der Waals surface area contributed by atoms with E-state index in [2.05, 4.69) is 10.4 Å². The highest BCUT2D eigenvalue weighted by atomic mass is 16.3. The highest BCUT2D eigenvalue weighted by molar-refractivity contribution is 5.81. The molecule has 1 aromatic heterocycles. The van der Waals surface area contributed by atoms with E-state index in [1.807, 2.05) is 13.0 Å². The first kappa shape index (κ1) is 16.2. The Hall–Kier alpha value is -2.21. The molecule has 0 aliphatic rings. The molecule has 1 aromatic carbocycles. The number of carbonyl (C=O) groups is 1. The molecule has 2 aromatic rings. The molecule has 0 aliphatic carbocycles. The van der Waals surface area contributed by atoms with Gasteiger partial charge >= 0.3 is 0 Å².